The lowest BCUT2D eigenvalue weighted by atomic mass is 10.0. The number of nitrogens with zero attached hydrogens (tertiary/aromatic N) is 6. The number of aromatic nitrogens is 2. The molecule has 32 heavy (non-hydrogen) atoms. The van der Waals surface area contributed by atoms with E-state index in [1.54, 1.807) is 11.8 Å². The van der Waals surface area contributed by atoms with Crippen LogP contribution in [0.2, 0.25) is 0 Å². The molecule has 1 aromatic heterocycles. The molecule has 0 bridgehead atoms. The van der Waals surface area contributed by atoms with Crippen LogP contribution in [0, 0.1) is 25.3 Å². The van der Waals surface area contributed by atoms with Crippen molar-refractivity contribution in [1.29, 1.82) is 5.26 Å². The van der Waals surface area contributed by atoms with Gasteiger partial charge in [-0.1, -0.05) is 53.7 Å². The molecule has 4 rings (SSSR count). The number of hydrogen-bond acceptors (Lipinski definition) is 6. The molecule has 1 unspecified atom stereocenters. The van der Waals surface area contributed by atoms with E-state index in [-0.39, 0.29) is 17.6 Å². The molecule has 1 N–H and O–H groups in total. The second-order valence-electron chi connectivity index (χ2n) is 7.54. The Kier molecular flexibility index (Phi) is 6.12. The molecule has 0 spiro atoms. The van der Waals surface area contributed by atoms with Crippen molar-refractivity contribution in [3.05, 3.63) is 77.1 Å². The van der Waals surface area contributed by atoms with Gasteiger partial charge in [-0.15, -0.1) is 4.99 Å². The van der Waals surface area contributed by atoms with Gasteiger partial charge in [0.05, 0.1) is 6.04 Å². The molecule has 1 atom stereocenters. The summed E-state index contributed by atoms with van der Waals surface area (Å²) in [4.78, 5) is 21.1. The zero-order valence-corrected chi connectivity index (χ0v) is 17.9. The predicted molar refractivity (Wildman–Crippen MR) is 119 cm³/mol. The number of anilines is 1. The summed E-state index contributed by atoms with van der Waals surface area (Å²) in [5.74, 6) is 0.219. The molecule has 0 aliphatic carbocycles. The minimum Gasteiger partial charge on any atom is -0.338 e. The molecule has 1 fully saturated rings. The summed E-state index contributed by atoms with van der Waals surface area (Å²) in [6, 6.07) is 17.3. The summed E-state index contributed by atoms with van der Waals surface area (Å²) in [6.45, 7) is 5.06. The Hall–Kier alpha value is -4.19. The van der Waals surface area contributed by atoms with Crippen LogP contribution in [0.15, 0.2) is 64.2 Å². The third-order valence-electron chi connectivity index (χ3n) is 5.53. The van der Waals surface area contributed by atoms with Crippen LogP contribution in [0.25, 0.3) is 0 Å². The molecule has 9 heteroatoms. The van der Waals surface area contributed by atoms with Crippen LogP contribution < -0.4 is 5.32 Å². The smallest absolute Gasteiger partial charge is 0.278 e. The van der Waals surface area contributed by atoms with Crippen LogP contribution in [-0.4, -0.2) is 51.6 Å². The second-order valence-corrected chi connectivity index (χ2v) is 7.54. The fourth-order valence-corrected chi connectivity index (χ4v) is 3.80. The SMILES string of the molecule is Cc1ccccc1N/C(=N/C#N)N1CCN(C(=O)c2nonc2C)C(c2ccccc2)C1. The van der Waals surface area contributed by atoms with Crippen molar-refractivity contribution < 1.29 is 9.42 Å². The first-order valence-corrected chi connectivity index (χ1v) is 10.3. The number of aliphatic imine (C=N–C) groups is 1. The summed E-state index contributed by atoms with van der Waals surface area (Å²) < 4.78 is 4.74. The zero-order valence-electron chi connectivity index (χ0n) is 17.9. The second kappa shape index (κ2) is 9.31. The highest BCUT2D eigenvalue weighted by Crippen LogP contribution is 2.28. The third kappa shape index (κ3) is 4.30. The first-order chi connectivity index (χ1) is 15.6. The first kappa shape index (κ1) is 21.1. The zero-order chi connectivity index (χ0) is 22.5. The van der Waals surface area contributed by atoms with Gasteiger partial charge in [0.1, 0.15) is 5.69 Å². The highest BCUT2D eigenvalue weighted by atomic mass is 16.6. The summed E-state index contributed by atoms with van der Waals surface area (Å²) in [5, 5.41) is 20.1. The van der Waals surface area contributed by atoms with Gasteiger partial charge in [-0.05, 0) is 36.2 Å². The highest BCUT2D eigenvalue weighted by Gasteiger charge is 2.35. The van der Waals surface area contributed by atoms with Gasteiger partial charge in [0, 0.05) is 25.3 Å². The summed E-state index contributed by atoms with van der Waals surface area (Å²) in [7, 11) is 0. The van der Waals surface area contributed by atoms with Gasteiger partial charge < -0.3 is 15.1 Å². The third-order valence-corrected chi connectivity index (χ3v) is 5.53. The van der Waals surface area contributed by atoms with E-state index in [0.29, 0.717) is 31.3 Å². The molecule has 0 saturated carbocycles. The van der Waals surface area contributed by atoms with Gasteiger partial charge in [-0.2, -0.15) is 5.26 Å². The number of nitriles is 1. The quantitative estimate of drug-likeness (QED) is 0.387. The highest BCUT2D eigenvalue weighted by molar-refractivity contribution is 5.96. The monoisotopic (exact) mass is 429 g/mol. The number of piperazine rings is 1. The predicted octanol–water partition coefficient (Wildman–Crippen LogP) is 3.13. The number of carbonyl (C=O) groups is 1. The van der Waals surface area contributed by atoms with Crippen LogP contribution >= 0.6 is 0 Å². The average molecular weight is 429 g/mol. The van der Waals surface area contributed by atoms with Gasteiger partial charge in [0.15, 0.2) is 5.69 Å². The Bertz CT molecular complexity index is 1170. The van der Waals surface area contributed by atoms with Gasteiger partial charge in [0.25, 0.3) is 5.91 Å². The number of aryl methyl sites for hydroxylation is 2. The largest absolute Gasteiger partial charge is 0.338 e. The van der Waals surface area contributed by atoms with Gasteiger partial charge >= 0.3 is 0 Å². The fourth-order valence-electron chi connectivity index (χ4n) is 3.80. The standard InChI is InChI=1S/C23H23N7O2/c1-16-8-6-7-11-19(16)26-23(25-15-24)29-12-13-30(22(31)21-17(2)27-32-28-21)20(14-29)18-9-4-3-5-10-18/h3-11,20H,12-14H2,1-2H3,(H,25,26). The lowest BCUT2D eigenvalue weighted by Gasteiger charge is -2.42. The summed E-state index contributed by atoms with van der Waals surface area (Å²) in [6.07, 6.45) is 1.90. The van der Waals surface area contributed by atoms with E-state index in [1.807, 2.05) is 72.6 Å². The van der Waals surface area contributed by atoms with Crippen molar-refractivity contribution in [3.63, 3.8) is 0 Å². The van der Waals surface area contributed by atoms with Crippen molar-refractivity contribution >= 4 is 17.6 Å². The molecule has 1 amide bonds. The number of amides is 1. The van der Waals surface area contributed by atoms with E-state index in [4.69, 9.17) is 4.63 Å². The van der Waals surface area contributed by atoms with Crippen molar-refractivity contribution in [2.24, 2.45) is 4.99 Å². The van der Waals surface area contributed by atoms with Gasteiger partial charge in [0.2, 0.25) is 12.2 Å². The number of rotatable bonds is 3. The average Bonchev–Trinajstić information content (AvgIpc) is 3.25. The number of guanidine groups is 1. The number of para-hydroxylation sites is 1. The van der Waals surface area contributed by atoms with Crippen LogP contribution in [0.5, 0.6) is 0 Å². The number of nitrogens with one attached hydrogen (secondary N) is 1. The number of benzene rings is 2. The topological polar surface area (TPSA) is 111 Å². The Morgan fingerprint density at radius 3 is 2.56 bits per heavy atom. The van der Waals surface area contributed by atoms with Gasteiger partial charge in [-0.3, -0.25) is 4.79 Å². The molecule has 1 aliphatic rings. The van der Waals surface area contributed by atoms with Crippen molar-refractivity contribution in [3.8, 4) is 6.19 Å². The fraction of sp³-hybridized carbons (Fsp3) is 0.261. The molecule has 3 aromatic rings. The summed E-state index contributed by atoms with van der Waals surface area (Å²) >= 11 is 0. The minimum absolute atomic E-state index is 0.211. The molecule has 9 nitrogen and oxygen atoms in total. The van der Waals surface area contributed by atoms with Crippen molar-refractivity contribution in [2.75, 3.05) is 25.0 Å². The van der Waals surface area contributed by atoms with Crippen molar-refractivity contribution in [2.45, 2.75) is 19.9 Å². The molecule has 1 saturated heterocycles. The van der Waals surface area contributed by atoms with E-state index >= 15 is 0 Å². The lowest BCUT2D eigenvalue weighted by molar-refractivity contribution is 0.0539. The van der Waals surface area contributed by atoms with Crippen LogP contribution in [0.4, 0.5) is 5.69 Å². The van der Waals surface area contributed by atoms with Crippen molar-refractivity contribution in [1.82, 2.24) is 20.1 Å². The maximum atomic E-state index is 13.3. The Morgan fingerprint density at radius 2 is 1.88 bits per heavy atom. The Labute approximate surface area is 185 Å². The minimum atomic E-state index is -0.267. The molecular formula is C23H23N7O2. The molecule has 2 heterocycles. The normalized spacial score (nSPS) is 16.5. The number of hydrogen-bond donors (Lipinski definition) is 1. The van der Waals surface area contributed by atoms with E-state index in [1.165, 1.54) is 0 Å². The van der Waals surface area contributed by atoms with Gasteiger partial charge in [-0.25, -0.2) is 4.63 Å². The Balaban J connectivity index is 1.63. The van der Waals surface area contributed by atoms with E-state index in [0.717, 1.165) is 16.8 Å². The Morgan fingerprint density at radius 1 is 1.12 bits per heavy atom. The lowest BCUT2D eigenvalue weighted by Crippen LogP contribution is -2.53. The van der Waals surface area contributed by atoms with Crippen LogP contribution in [-0.2, 0) is 0 Å². The molecule has 2 aromatic carbocycles. The molecular weight excluding hydrogens is 406 g/mol. The first-order valence-electron chi connectivity index (χ1n) is 10.3. The molecule has 162 valence electrons. The van der Waals surface area contributed by atoms with E-state index in [9.17, 15) is 10.1 Å². The summed E-state index contributed by atoms with van der Waals surface area (Å²) in [5.41, 5.74) is 3.56. The maximum Gasteiger partial charge on any atom is 0.278 e. The molecule has 1 aliphatic heterocycles. The number of carbonyl (C=O) groups excluding carboxylic acids is 1. The van der Waals surface area contributed by atoms with Crippen LogP contribution in [0.3, 0.4) is 0 Å². The molecule has 0 radical (unpaired) electrons. The van der Waals surface area contributed by atoms with E-state index < -0.39 is 0 Å². The van der Waals surface area contributed by atoms with Crippen LogP contribution in [0.1, 0.15) is 33.4 Å². The van der Waals surface area contributed by atoms with E-state index in [2.05, 4.69) is 20.6 Å². The maximum absolute atomic E-state index is 13.3.